The van der Waals surface area contributed by atoms with Crippen molar-refractivity contribution < 1.29 is 14.3 Å². The topological polar surface area (TPSA) is 59.6 Å². The molecule has 5 nitrogen and oxygen atoms in total. The lowest BCUT2D eigenvalue weighted by molar-refractivity contribution is -0.114. The van der Waals surface area contributed by atoms with Gasteiger partial charge in [0.15, 0.2) is 11.5 Å². The molecule has 0 unspecified atom stereocenters. The average Bonchev–Trinajstić information content (AvgIpc) is 2.56. The fourth-order valence-corrected chi connectivity index (χ4v) is 2.51. The van der Waals surface area contributed by atoms with Gasteiger partial charge >= 0.3 is 0 Å². The zero-order chi connectivity index (χ0) is 16.2. The van der Waals surface area contributed by atoms with Crippen LogP contribution in [0.5, 0.6) is 11.5 Å². The first kappa shape index (κ1) is 15.7. The quantitative estimate of drug-likeness (QED) is 0.855. The Balaban J connectivity index is 1.57. The van der Waals surface area contributed by atoms with Gasteiger partial charge in [-0.05, 0) is 42.8 Å². The van der Waals surface area contributed by atoms with Gasteiger partial charge in [0.1, 0.15) is 13.2 Å². The Kier molecular flexibility index (Phi) is 4.71. The molecular weight excluding hydrogens is 360 g/mol. The summed E-state index contributed by atoms with van der Waals surface area (Å²) in [5, 5.41) is 5.95. The van der Waals surface area contributed by atoms with Crippen LogP contribution in [0.25, 0.3) is 0 Å². The summed E-state index contributed by atoms with van der Waals surface area (Å²) in [6, 6.07) is 11.2. The molecule has 0 bridgehead atoms. The number of ether oxygens (including phenoxy) is 2. The van der Waals surface area contributed by atoms with E-state index in [0.29, 0.717) is 19.0 Å². The second kappa shape index (κ2) is 6.91. The summed E-state index contributed by atoms with van der Waals surface area (Å²) in [5.41, 5.74) is 2.67. The first-order valence-electron chi connectivity index (χ1n) is 7.31. The lowest BCUT2D eigenvalue weighted by Gasteiger charge is -2.19. The number of halogens is 1. The van der Waals surface area contributed by atoms with E-state index >= 15 is 0 Å². The molecule has 0 atom stereocenters. The number of benzene rings is 2. The summed E-state index contributed by atoms with van der Waals surface area (Å²) in [6.45, 7) is 3.26. The minimum Gasteiger partial charge on any atom is -0.486 e. The molecule has 0 saturated heterocycles. The number of fused-ring (bicyclic) bond motifs is 1. The maximum atomic E-state index is 12.0. The molecule has 0 aromatic heterocycles. The molecule has 1 aliphatic heterocycles. The third-order valence-electron chi connectivity index (χ3n) is 3.44. The van der Waals surface area contributed by atoms with Crippen molar-refractivity contribution in [3.63, 3.8) is 0 Å². The van der Waals surface area contributed by atoms with E-state index in [0.717, 1.165) is 27.2 Å². The van der Waals surface area contributed by atoms with Crippen LogP contribution >= 0.6 is 15.9 Å². The van der Waals surface area contributed by atoms with Crippen LogP contribution in [0, 0.1) is 6.92 Å². The van der Waals surface area contributed by atoms with Crippen LogP contribution in [-0.2, 0) is 4.79 Å². The normalized spacial score (nSPS) is 12.6. The summed E-state index contributed by atoms with van der Waals surface area (Å²) in [7, 11) is 0. The van der Waals surface area contributed by atoms with Crippen LogP contribution in [-0.4, -0.2) is 25.7 Å². The number of hydrogen-bond donors (Lipinski definition) is 2. The predicted molar refractivity (Wildman–Crippen MR) is 93.4 cm³/mol. The van der Waals surface area contributed by atoms with E-state index in [-0.39, 0.29) is 12.5 Å². The monoisotopic (exact) mass is 376 g/mol. The maximum absolute atomic E-state index is 12.0. The number of carbonyl (C=O) groups excluding carboxylic acids is 1. The second-order valence-corrected chi connectivity index (χ2v) is 6.08. The van der Waals surface area contributed by atoms with Gasteiger partial charge < -0.3 is 20.1 Å². The zero-order valence-electron chi connectivity index (χ0n) is 12.7. The minimum atomic E-state index is -0.110. The number of amides is 1. The molecule has 6 heteroatoms. The Morgan fingerprint density at radius 1 is 1.09 bits per heavy atom. The average molecular weight is 377 g/mol. The molecule has 0 spiro atoms. The Morgan fingerprint density at radius 3 is 2.61 bits per heavy atom. The van der Waals surface area contributed by atoms with E-state index in [4.69, 9.17) is 9.47 Å². The highest BCUT2D eigenvalue weighted by Crippen LogP contribution is 2.32. The van der Waals surface area contributed by atoms with E-state index in [1.807, 2.05) is 43.3 Å². The summed E-state index contributed by atoms with van der Waals surface area (Å²) in [5.74, 6) is 1.32. The lowest BCUT2D eigenvalue weighted by atomic mass is 10.2. The molecule has 23 heavy (non-hydrogen) atoms. The SMILES string of the molecule is Cc1cc(NC(=O)CNc2ccc3c(c2)OCCO3)ccc1Br. The van der Waals surface area contributed by atoms with E-state index in [1.54, 1.807) is 0 Å². The molecule has 0 radical (unpaired) electrons. The highest BCUT2D eigenvalue weighted by molar-refractivity contribution is 9.10. The Morgan fingerprint density at radius 2 is 1.83 bits per heavy atom. The van der Waals surface area contributed by atoms with Crippen molar-refractivity contribution in [1.82, 2.24) is 0 Å². The van der Waals surface area contributed by atoms with Gasteiger partial charge in [-0.3, -0.25) is 4.79 Å². The number of carbonyl (C=O) groups is 1. The molecule has 120 valence electrons. The summed E-state index contributed by atoms with van der Waals surface area (Å²) < 4.78 is 12.0. The number of nitrogens with one attached hydrogen (secondary N) is 2. The van der Waals surface area contributed by atoms with Crippen LogP contribution < -0.4 is 20.1 Å². The highest BCUT2D eigenvalue weighted by atomic mass is 79.9. The van der Waals surface area contributed by atoms with Crippen molar-refractivity contribution >= 4 is 33.2 Å². The number of rotatable bonds is 4. The van der Waals surface area contributed by atoms with E-state index in [1.165, 1.54) is 0 Å². The summed E-state index contributed by atoms with van der Waals surface area (Å²) in [6.07, 6.45) is 0. The zero-order valence-corrected chi connectivity index (χ0v) is 14.3. The van der Waals surface area contributed by atoms with Crippen LogP contribution in [0.1, 0.15) is 5.56 Å². The standard InChI is InChI=1S/C17H17BrN2O3/c1-11-8-13(2-4-14(11)18)20-17(21)10-19-12-3-5-15-16(9-12)23-7-6-22-15/h2-5,8-9,19H,6-7,10H2,1H3,(H,20,21). The van der Waals surface area contributed by atoms with Gasteiger partial charge in [-0.1, -0.05) is 15.9 Å². The van der Waals surface area contributed by atoms with E-state index in [9.17, 15) is 4.79 Å². The molecule has 0 saturated carbocycles. The van der Waals surface area contributed by atoms with Gasteiger partial charge in [0.2, 0.25) is 5.91 Å². The van der Waals surface area contributed by atoms with E-state index < -0.39 is 0 Å². The molecule has 3 rings (SSSR count). The van der Waals surface area contributed by atoms with Crippen molar-refractivity contribution in [1.29, 1.82) is 0 Å². The van der Waals surface area contributed by atoms with Gasteiger partial charge in [0.25, 0.3) is 0 Å². The van der Waals surface area contributed by atoms with Crippen LogP contribution in [0.2, 0.25) is 0 Å². The van der Waals surface area contributed by atoms with Crippen molar-refractivity contribution in [2.75, 3.05) is 30.4 Å². The van der Waals surface area contributed by atoms with Gasteiger partial charge in [-0.15, -0.1) is 0 Å². The van der Waals surface area contributed by atoms with Crippen LogP contribution in [0.15, 0.2) is 40.9 Å². The predicted octanol–water partition coefficient (Wildman–Crippen LogP) is 3.58. The lowest BCUT2D eigenvalue weighted by Crippen LogP contribution is -2.22. The first-order chi connectivity index (χ1) is 11.1. The fraction of sp³-hybridized carbons (Fsp3) is 0.235. The van der Waals surface area contributed by atoms with Crippen LogP contribution in [0.4, 0.5) is 11.4 Å². The largest absolute Gasteiger partial charge is 0.486 e. The molecule has 2 N–H and O–H groups in total. The Hall–Kier alpha value is -2.21. The van der Waals surface area contributed by atoms with E-state index in [2.05, 4.69) is 26.6 Å². The third kappa shape index (κ3) is 3.96. The molecule has 1 heterocycles. The van der Waals surface area contributed by atoms with Crippen molar-refractivity contribution in [2.24, 2.45) is 0 Å². The van der Waals surface area contributed by atoms with Gasteiger partial charge in [0, 0.05) is 21.9 Å². The van der Waals surface area contributed by atoms with Gasteiger partial charge in [-0.2, -0.15) is 0 Å². The number of hydrogen-bond acceptors (Lipinski definition) is 4. The van der Waals surface area contributed by atoms with Crippen molar-refractivity contribution in [2.45, 2.75) is 6.92 Å². The molecule has 2 aromatic carbocycles. The van der Waals surface area contributed by atoms with Gasteiger partial charge in [-0.25, -0.2) is 0 Å². The number of anilines is 2. The summed E-state index contributed by atoms with van der Waals surface area (Å²) >= 11 is 3.44. The van der Waals surface area contributed by atoms with Crippen LogP contribution in [0.3, 0.4) is 0 Å². The number of aryl methyl sites for hydroxylation is 1. The minimum absolute atomic E-state index is 0.110. The molecule has 2 aromatic rings. The van der Waals surface area contributed by atoms with Crippen molar-refractivity contribution in [3.05, 3.63) is 46.4 Å². The maximum Gasteiger partial charge on any atom is 0.243 e. The second-order valence-electron chi connectivity index (χ2n) is 5.22. The van der Waals surface area contributed by atoms with Crippen molar-refractivity contribution in [3.8, 4) is 11.5 Å². The molecule has 1 aliphatic rings. The highest BCUT2D eigenvalue weighted by Gasteiger charge is 2.12. The van der Waals surface area contributed by atoms with Gasteiger partial charge in [0.05, 0.1) is 6.54 Å². The molecular formula is C17H17BrN2O3. The Labute approximate surface area is 143 Å². The summed E-state index contributed by atoms with van der Waals surface area (Å²) in [4.78, 5) is 12.0. The molecule has 0 aliphatic carbocycles. The third-order valence-corrected chi connectivity index (χ3v) is 4.33. The first-order valence-corrected chi connectivity index (χ1v) is 8.10. The fourth-order valence-electron chi connectivity index (χ4n) is 2.26. The Bertz CT molecular complexity index is 734. The molecule has 1 amide bonds. The smallest absolute Gasteiger partial charge is 0.243 e. The molecule has 0 fully saturated rings.